The fourth-order valence-corrected chi connectivity index (χ4v) is 4.27. The molecule has 2 fully saturated rings. The summed E-state index contributed by atoms with van der Waals surface area (Å²) in [4.78, 5) is 17.5. The highest BCUT2D eigenvalue weighted by atomic mass is 32.1. The number of hydrogen-bond acceptors (Lipinski definition) is 6. The number of halogens is 1. The number of nitrogens with zero attached hydrogens (tertiary/aromatic N) is 5. The molecule has 2 aromatic rings. The van der Waals surface area contributed by atoms with Crippen molar-refractivity contribution >= 4 is 17.3 Å². The van der Waals surface area contributed by atoms with Crippen molar-refractivity contribution in [2.75, 3.05) is 24.5 Å². The second-order valence-corrected chi connectivity index (χ2v) is 7.50. The number of piperidine rings is 1. The molecule has 122 valence electrons. The monoisotopic (exact) mass is 333 g/mol. The van der Waals surface area contributed by atoms with Crippen LogP contribution in [-0.4, -0.2) is 45.0 Å². The summed E-state index contributed by atoms with van der Waals surface area (Å²) >= 11 is 1.72. The Morgan fingerprint density at radius 3 is 2.43 bits per heavy atom. The molecule has 0 amide bonds. The van der Waals surface area contributed by atoms with Crippen molar-refractivity contribution in [3.05, 3.63) is 34.3 Å². The van der Waals surface area contributed by atoms with Gasteiger partial charge in [-0.3, -0.25) is 4.90 Å². The minimum Gasteiger partial charge on any atom is -0.341 e. The highest BCUT2D eigenvalue weighted by Gasteiger charge is 2.46. The Morgan fingerprint density at radius 2 is 1.87 bits per heavy atom. The third-order valence-electron chi connectivity index (χ3n) is 5.12. The number of aryl methyl sites for hydroxylation is 1. The number of anilines is 1. The van der Waals surface area contributed by atoms with Gasteiger partial charge in [-0.2, -0.15) is 0 Å². The summed E-state index contributed by atoms with van der Waals surface area (Å²) in [6.45, 7) is 6.03. The molecule has 4 heterocycles. The zero-order chi connectivity index (χ0) is 15.9. The summed E-state index contributed by atoms with van der Waals surface area (Å²) in [5, 5.41) is 3.31. The van der Waals surface area contributed by atoms with E-state index in [-0.39, 0.29) is 5.82 Å². The van der Waals surface area contributed by atoms with E-state index in [9.17, 15) is 4.39 Å². The highest BCUT2D eigenvalue weighted by molar-refractivity contribution is 7.09. The third kappa shape index (κ3) is 2.83. The fraction of sp³-hybridized carbons (Fsp3) is 0.562. The first-order valence-corrected chi connectivity index (χ1v) is 8.91. The second-order valence-electron chi connectivity index (χ2n) is 6.44. The Hall–Kier alpha value is -1.60. The minimum atomic E-state index is -0.383. The molecule has 2 aliphatic heterocycles. The van der Waals surface area contributed by atoms with E-state index >= 15 is 0 Å². The molecule has 0 atom stereocenters. The van der Waals surface area contributed by atoms with Crippen LogP contribution in [0.3, 0.4) is 0 Å². The molecule has 2 aliphatic rings. The van der Waals surface area contributed by atoms with Crippen molar-refractivity contribution in [1.29, 1.82) is 0 Å². The summed E-state index contributed by atoms with van der Waals surface area (Å²) < 4.78 is 12.9. The van der Waals surface area contributed by atoms with Gasteiger partial charge in [0, 0.05) is 37.1 Å². The molecule has 0 saturated carbocycles. The van der Waals surface area contributed by atoms with Crippen molar-refractivity contribution in [3.63, 3.8) is 0 Å². The van der Waals surface area contributed by atoms with Gasteiger partial charge in [-0.05, 0) is 26.2 Å². The van der Waals surface area contributed by atoms with Gasteiger partial charge < -0.3 is 4.90 Å². The maximum Gasteiger partial charge on any atom is 0.225 e. The number of aromatic nitrogens is 3. The summed E-state index contributed by atoms with van der Waals surface area (Å²) in [5.41, 5.74) is 1.50. The van der Waals surface area contributed by atoms with Crippen LogP contribution in [0.5, 0.6) is 0 Å². The highest BCUT2D eigenvalue weighted by Crippen LogP contribution is 2.41. The maximum absolute atomic E-state index is 12.9. The number of rotatable bonds is 3. The molecule has 0 aliphatic carbocycles. The van der Waals surface area contributed by atoms with Crippen LogP contribution < -0.4 is 4.90 Å². The molecule has 5 nitrogen and oxygen atoms in total. The first kappa shape index (κ1) is 15.0. The van der Waals surface area contributed by atoms with Crippen molar-refractivity contribution < 1.29 is 4.39 Å². The molecular weight excluding hydrogens is 313 g/mol. The topological polar surface area (TPSA) is 45.2 Å². The lowest BCUT2D eigenvalue weighted by Gasteiger charge is -2.56. The van der Waals surface area contributed by atoms with Crippen molar-refractivity contribution in [3.8, 4) is 0 Å². The van der Waals surface area contributed by atoms with Gasteiger partial charge in [0.15, 0.2) is 5.82 Å². The molecule has 23 heavy (non-hydrogen) atoms. The Kier molecular flexibility index (Phi) is 3.77. The van der Waals surface area contributed by atoms with Crippen LogP contribution in [0.25, 0.3) is 0 Å². The first-order valence-electron chi connectivity index (χ1n) is 8.03. The zero-order valence-corrected chi connectivity index (χ0v) is 14.0. The Morgan fingerprint density at radius 1 is 1.17 bits per heavy atom. The SMILES string of the molecule is Cc1nc(CN2CCC23CCN(c2ncc(F)cn2)CC3)cs1. The molecule has 0 unspecified atom stereocenters. The van der Waals surface area contributed by atoms with Crippen LogP contribution in [0.2, 0.25) is 0 Å². The van der Waals surface area contributed by atoms with Crippen LogP contribution >= 0.6 is 11.3 Å². The van der Waals surface area contributed by atoms with E-state index in [1.54, 1.807) is 11.3 Å². The van der Waals surface area contributed by atoms with Gasteiger partial charge in [-0.25, -0.2) is 19.3 Å². The van der Waals surface area contributed by atoms with Gasteiger partial charge in [-0.15, -0.1) is 11.3 Å². The van der Waals surface area contributed by atoms with Crippen molar-refractivity contribution in [2.24, 2.45) is 0 Å². The lowest BCUT2D eigenvalue weighted by molar-refractivity contribution is -0.0407. The summed E-state index contributed by atoms with van der Waals surface area (Å²) in [6.07, 6.45) is 5.96. The molecule has 0 N–H and O–H groups in total. The quantitative estimate of drug-likeness (QED) is 0.864. The molecule has 0 radical (unpaired) electrons. The number of likely N-dealkylation sites (tertiary alicyclic amines) is 1. The summed E-state index contributed by atoms with van der Waals surface area (Å²) in [6, 6.07) is 0. The molecule has 7 heteroatoms. The normalized spacial score (nSPS) is 20.7. The molecule has 2 aromatic heterocycles. The third-order valence-corrected chi connectivity index (χ3v) is 5.94. The molecule has 1 spiro atoms. The lowest BCUT2D eigenvalue weighted by atomic mass is 9.76. The first-order chi connectivity index (χ1) is 11.1. The van der Waals surface area contributed by atoms with Gasteiger partial charge in [-0.1, -0.05) is 0 Å². The van der Waals surface area contributed by atoms with Crippen molar-refractivity contribution in [1.82, 2.24) is 19.9 Å². The predicted molar refractivity (Wildman–Crippen MR) is 88.0 cm³/mol. The average molecular weight is 333 g/mol. The van der Waals surface area contributed by atoms with Gasteiger partial charge in [0.05, 0.1) is 23.1 Å². The number of hydrogen-bond donors (Lipinski definition) is 0. The molecule has 0 aromatic carbocycles. The smallest absolute Gasteiger partial charge is 0.225 e. The molecule has 2 saturated heterocycles. The Bertz CT molecular complexity index is 678. The zero-order valence-electron chi connectivity index (χ0n) is 13.2. The van der Waals surface area contributed by atoms with E-state index in [1.165, 1.54) is 24.5 Å². The standard InChI is InChI=1S/C16H20FN5S/c1-12-20-14(11-23-12)10-22-7-4-16(22)2-5-21(6-3-16)15-18-8-13(17)9-19-15/h8-9,11H,2-7,10H2,1H3. The predicted octanol–water partition coefficient (Wildman–Crippen LogP) is 2.63. The number of thiazole rings is 1. The molecular formula is C16H20FN5S. The van der Waals surface area contributed by atoms with Crippen LogP contribution in [0.4, 0.5) is 10.3 Å². The van der Waals surface area contributed by atoms with Gasteiger partial charge in [0.1, 0.15) is 0 Å². The van der Waals surface area contributed by atoms with Crippen LogP contribution in [0.1, 0.15) is 30.0 Å². The summed E-state index contributed by atoms with van der Waals surface area (Å²) in [5.74, 6) is 0.258. The van der Waals surface area contributed by atoms with Crippen molar-refractivity contribution in [2.45, 2.75) is 38.3 Å². The Balaban J connectivity index is 1.39. The van der Waals surface area contributed by atoms with Crippen LogP contribution in [0, 0.1) is 12.7 Å². The largest absolute Gasteiger partial charge is 0.341 e. The molecule has 0 bridgehead atoms. The Labute approximate surface area is 139 Å². The van der Waals surface area contributed by atoms with Gasteiger partial charge in [0.2, 0.25) is 5.95 Å². The molecule has 4 rings (SSSR count). The van der Waals surface area contributed by atoms with Crippen LogP contribution in [-0.2, 0) is 6.54 Å². The van der Waals surface area contributed by atoms with Crippen LogP contribution in [0.15, 0.2) is 17.8 Å². The van der Waals surface area contributed by atoms with E-state index < -0.39 is 0 Å². The maximum atomic E-state index is 12.9. The lowest BCUT2D eigenvalue weighted by Crippen LogP contribution is -2.63. The minimum absolute atomic E-state index is 0.314. The van der Waals surface area contributed by atoms with E-state index in [4.69, 9.17) is 0 Å². The van der Waals surface area contributed by atoms with Gasteiger partial charge in [0.25, 0.3) is 0 Å². The fourth-order valence-electron chi connectivity index (χ4n) is 3.67. The van der Waals surface area contributed by atoms with E-state index in [1.807, 2.05) is 0 Å². The van der Waals surface area contributed by atoms with E-state index in [0.717, 1.165) is 44.0 Å². The van der Waals surface area contributed by atoms with E-state index in [2.05, 4.69) is 37.1 Å². The second kappa shape index (κ2) is 5.79. The average Bonchev–Trinajstić information content (AvgIpc) is 2.98. The van der Waals surface area contributed by atoms with Gasteiger partial charge >= 0.3 is 0 Å². The van der Waals surface area contributed by atoms with E-state index in [0.29, 0.717) is 11.5 Å². The summed E-state index contributed by atoms with van der Waals surface area (Å²) in [7, 11) is 0.